The van der Waals surface area contributed by atoms with Crippen molar-refractivity contribution in [2.24, 2.45) is 7.05 Å². The summed E-state index contributed by atoms with van der Waals surface area (Å²) >= 11 is 0. The maximum atomic E-state index is 13.5. The summed E-state index contributed by atoms with van der Waals surface area (Å²) < 4.78 is 12.8. The largest absolute Gasteiger partial charge is 0.496 e. The van der Waals surface area contributed by atoms with E-state index in [1.807, 2.05) is 45.3 Å². The lowest BCUT2D eigenvalue weighted by Crippen LogP contribution is -2.24. The van der Waals surface area contributed by atoms with E-state index in [9.17, 15) is 4.79 Å². The van der Waals surface area contributed by atoms with Gasteiger partial charge in [-0.2, -0.15) is 0 Å². The number of anilines is 1. The predicted octanol–water partition coefficient (Wildman–Crippen LogP) is 4.77. The summed E-state index contributed by atoms with van der Waals surface area (Å²) in [5.74, 6) is 2.17. The van der Waals surface area contributed by atoms with Gasteiger partial charge in [-0.1, -0.05) is 13.8 Å². The minimum Gasteiger partial charge on any atom is -0.496 e. The van der Waals surface area contributed by atoms with Crippen LogP contribution in [0.4, 0.5) is 5.82 Å². The van der Waals surface area contributed by atoms with Gasteiger partial charge in [0.25, 0.3) is 5.56 Å². The summed E-state index contributed by atoms with van der Waals surface area (Å²) in [6.45, 7) is 12.5. The van der Waals surface area contributed by atoms with Gasteiger partial charge in [-0.3, -0.25) is 4.79 Å². The van der Waals surface area contributed by atoms with E-state index in [1.54, 1.807) is 18.8 Å². The van der Waals surface area contributed by atoms with Gasteiger partial charge in [-0.05, 0) is 63.5 Å². The number of hydrogen-bond donors (Lipinski definition) is 1. The third-order valence-corrected chi connectivity index (χ3v) is 6.67. The number of benzene rings is 1. The maximum Gasteiger partial charge on any atom is 0.258 e. The van der Waals surface area contributed by atoms with Gasteiger partial charge in [-0.15, -0.1) is 0 Å². The van der Waals surface area contributed by atoms with Crippen LogP contribution in [0.5, 0.6) is 11.5 Å². The highest BCUT2D eigenvalue weighted by Crippen LogP contribution is 2.38. The van der Waals surface area contributed by atoms with E-state index in [-0.39, 0.29) is 5.56 Å². The number of fused-ring (bicyclic) bond motifs is 1. The normalized spacial score (nSPS) is 11.3. The summed E-state index contributed by atoms with van der Waals surface area (Å²) in [7, 11) is 5.06. The van der Waals surface area contributed by atoms with E-state index >= 15 is 0 Å². The predicted molar refractivity (Wildman–Crippen MR) is 141 cm³/mol. The lowest BCUT2D eigenvalue weighted by Gasteiger charge is -2.18. The number of pyridine rings is 2. The van der Waals surface area contributed by atoms with Gasteiger partial charge in [-0.25, -0.2) is 4.98 Å². The zero-order valence-corrected chi connectivity index (χ0v) is 21.6. The van der Waals surface area contributed by atoms with E-state index in [4.69, 9.17) is 9.47 Å². The van der Waals surface area contributed by atoms with E-state index in [0.29, 0.717) is 17.1 Å². The second-order valence-corrected chi connectivity index (χ2v) is 8.62. The minimum atomic E-state index is -0.0645. The van der Waals surface area contributed by atoms with Gasteiger partial charge < -0.3 is 24.3 Å². The van der Waals surface area contributed by atoms with Crippen LogP contribution in [0.3, 0.4) is 0 Å². The highest BCUT2D eigenvalue weighted by Gasteiger charge is 2.19. The van der Waals surface area contributed by atoms with Gasteiger partial charge in [0.15, 0.2) is 0 Å². The number of rotatable bonds is 11. The van der Waals surface area contributed by atoms with Gasteiger partial charge >= 0.3 is 0 Å². The molecule has 0 aliphatic carbocycles. The zero-order valence-electron chi connectivity index (χ0n) is 21.6. The first kappa shape index (κ1) is 25.6. The molecule has 0 radical (unpaired) electrons. The fraction of sp³-hybridized carbons (Fsp3) is 0.481. The Kier molecular flexibility index (Phi) is 8.56. The Balaban J connectivity index is 1.90. The molecule has 0 spiro atoms. The van der Waals surface area contributed by atoms with E-state index in [2.05, 4.69) is 29.0 Å². The molecule has 7 nitrogen and oxygen atoms in total. The number of nitrogens with zero attached hydrogens (tertiary/aromatic N) is 3. The number of aromatic nitrogens is 2. The van der Waals surface area contributed by atoms with E-state index in [0.717, 1.165) is 72.4 Å². The minimum absolute atomic E-state index is 0.0645. The number of methoxy groups -OCH3 is 2. The van der Waals surface area contributed by atoms with Crippen molar-refractivity contribution < 1.29 is 9.47 Å². The van der Waals surface area contributed by atoms with Crippen LogP contribution in [0.15, 0.2) is 29.2 Å². The Morgan fingerprint density at radius 3 is 2.24 bits per heavy atom. The molecule has 0 aliphatic heterocycles. The van der Waals surface area contributed by atoms with Crippen molar-refractivity contribution in [2.45, 2.75) is 40.5 Å². The SMILES string of the molecule is CCN(CC)CCCCNc1cc2c(cn1)cc(-c1c(C)c(OC)cc(OC)c1C)c(=O)n2C. The van der Waals surface area contributed by atoms with Crippen molar-refractivity contribution in [1.29, 1.82) is 0 Å². The van der Waals surface area contributed by atoms with Crippen LogP contribution in [0.2, 0.25) is 0 Å². The van der Waals surface area contributed by atoms with Gasteiger partial charge in [0.2, 0.25) is 0 Å². The van der Waals surface area contributed by atoms with Crippen molar-refractivity contribution >= 4 is 16.7 Å². The number of unbranched alkanes of at least 4 members (excludes halogenated alkanes) is 1. The Morgan fingerprint density at radius 1 is 1.00 bits per heavy atom. The smallest absolute Gasteiger partial charge is 0.258 e. The Morgan fingerprint density at radius 2 is 1.65 bits per heavy atom. The van der Waals surface area contributed by atoms with Gasteiger partial charge in [0.05, 0.1) is 19.7 Å². The van der Waals surface area contributed by atoms with Crippen LogP contribution in [-0.4, -0.2) is 54.8 Å². The van der Waals surface area contributed by atoms with Crippen molar-refractivity contribution in [3.05, 3.63) is 45.9 Å². The third-order valence-electron chi connectivity index (χ3n) is 6.67. The molecule has 7 heteroatoms. The van der Waals surface area contributed by atoms with Crippen LogP contribution in [0.1, 0.15) is 37.8 Å². The lowest BCUT2D eigenvalue weighted by molar-refractivity contribution is 0.298. The van der Waals surface area contributed by atoms with Crippen molar-refractivity contribution in [2.75, 3.05) is 45.7 Å². The Labute approximate surface area is 202 Å². The summed E-state index contributed by atoms with van der Waals surface area (Å²) in [6.07, 6.45) is 4.05. The van der Waals surface area contributed by atoms with Crippen LogP contribution < -0.4 is 20.3 Å². The summed E-state index contributed by atoms with van der Waals surface area (Å²) in [5, 5.41) is 4.32. The fourth-order valence-electron chi connectivity index (χ4n) is 4.55. The molecule has 0 fully saturated rings. The fourth-order valence-corrected chi connectivity index (χ4v) is 4.55. The number of aryl methyl sites for hydroxylation is 1. The quantitative estimate of drug-likeness (QED) is 0.411. The highest BCUT2D eigenvalue weighted by atomic mass is 16.5. The molecular weight excluding hydrogens is 428 g/mol. The van der Waals surface area contributed by atoms with Crippen LogP contribution in [0.25, 0.3) is 22.0 Å². The summed E-state index contributed by atoms with van der Waals surface area (Å²) in [4.78, 5) is 20.5. The summed E-state index contributed by atoms with van der Waals surface area (Å²) in [6, 6.07) is 5.74. The first-order valence-corrected chi connectivity index (χ1v) is 12.0. The average molecular weight is 467 g/mol. The molecular formula is C27H38N4O3. The molecule has 34 heavy (non-hydrogen) atoms. The van der Waals surface area contributed by atoms with Crippen LogP contribution in [0, 0.1) is 13.8 Å². The van der Waals surface area contributed by atoms with Crippen molar-refractivity contribution in [3.8, 4) is 22.6 Å². The molecule has 1 aromatic carbocycles. The zero-order chi connectivity index (χ0) is 24.8. The molecule has 0 saturated heterocycles. The standard InChI is InChI=1S/C27H38N4O3/c1-8-31(9-2)13-11-10-12-28-25-15-22-20(17-29-25)14-21(27(32)30(22)5)26-18(3)23(33-6)16-24(34-7)19(26)4/h14-17H,8-13H2,1-7H3,(H,28,29). The summed E-state index contributed by atoms with van der Waals surface area (Å²) in [5.41, 5.74) is 4.06. The number of nitrogens with one attached hydrogen (secondary N) is 1. The first-order valence-electron chi connectivity index (χ1n) is 12.0. The molecule has 1 N–H and O–H groups in total. The molecule has 0 unspecified atom stereocenters. The molecule has 3 rings (SSSR count). The average Bonchev–Trinajstić information content (AvgIpc) is 2.85. The number of ether oxygens (including phenoxy) is 2. The molecule has 2 aromatic heterocycles. The Hall–Kier alpha value is -3.06. The molecule has 0 bridgehead atoms. The van der Waals surface area contributed by atoms with Crippen molar-refractivity contribution in [1.82, 2.24) is 14.5 Å². The van der Waals surface area contributed by atoms with Gasteiger partial charge in [0, 0.05) is 48.4 Å². The highest BCUT2D eigenvalue weighted by molar-refractivity contribution is 5.87. The molecule has 0 saturated carbocycles. The second-order valence-electron chi connectivity index (χ2n) is 8.62. The van der Waals surface area contributed by atoms with E-state index < -0.39 is 0 Å². The third kappa shape index (κ3) is 5.20. The lowest BCUT2D eigenvalue weighted by atomic mass is 9.94. The topological polar surface area (TPSA) is 68.6 Å². The van der Waals surface area contributed by atoms with Crippen molar-refractivity contribution in [3.63, 3.8) is 0 Å². The molecule has 184 valence electrons. The van der Waals surface area contributed by atoms with Crippen LogP contribution >= 0.6 is 0 Å². The first-order chi connectivity index (χ1) is 16.4. The molecule has 0 amide bonds. The van der Waals surface area contributed by atoms with Gasteiger partial charge in [0.1, 0.15) is 17.3 Å². The maximum absolute atomic E-state index is 13.5. The van der Waals surface area contributed by atoms with Crippen LogP contribution in [-0.2, 0) is 7.05 Å². The second kappa shape index (κ2) is 11.4. The molecule has 3 aromatic rings. The van der Waals surface area contributed by atoms with E-state index in [1.165, 1.54) is 0 Å². The molecule has 0 atom stereocenters. The monoisotopic (exact) mass is 466 g/mol. The molecule has 0 aliphatic rings. The molecule has 2 heterocycles. The Bertz CT molecular complexity index is 1170. The number of hydrogen-bond acceptors (Lipinski definition) is 6.